The second-order valence-electron chi connectivity index (χ2n) is 10.6. The molecule has 1 aromatic heterocycles. The largest absolute Gasteiger partial charge is 0.376 e. The van der Waals surface area contributed by atoms with Crippen molar-refractivity contribution in [3.05, 3.63) is 105 Å². The van der Waals surface area contributed by atoms with Crippen molar-refractivity contribution in [1.82, 2.24) is 20.2 Å². The summed E-state index contributed by atoms with van der Waals surface area (Å²) in [5.41, 5.74) is 4.01. The molecule has 0 aliphatic carbocycles. The van der Waals surface area contributed by atoms with Crippen LogP contribution < -0.4 is 16.2 Å². The minimum Gasteiger partial charge on any atom is -0.376 e. The third kappa shape index (κ3) is 7.27. The van der Waals surface area contributed by atoms with Gasteiger partial charge in [0.2, 0.25) is 5.91 Å². The van der Waals surface area contributed by atoms with Crippen LogP contribution >= 0.6 is 11.8 Å². The summed E-state index contributed by atoms with van der Waals surface area (Å²) in [5, 5.41) is 6.55. The fourth-order valence-corrected chi connectivity index (χ4v) is 5.93. The lowest BCUT2D eigenvalue weighted by Crippen LogP contribution is -2.33. The van der Waals surface area contributed by atoms with Crippen molar-refractivity contribution < 1.29 is 14.3 Å². The fourth-order valence-electron chi connectivity index (χ4n) is 4.89. The Kier molecular flexibility index (Phi) is 9.71. The Hall–Kier alpha value is -3.95. The van der Waals surface area contributed by atoms with Gasteiger partial charge >= 0.3 is 0 Å². The van der Waals surface area contributed by atoms with Crippen LogP contribution in [0, 0.1) is 6.92 Å². The molecule has 2 amide bonds. The molecule has 1 aliphatic rings. The number of nitrogens with one attached hydrogen (secondary N) is 2. The number of thioether (sulfide) groups is 1. The predicted molar refractivity (Wildman–Crippen MR) is 166 cm³/mol. The van der Waals surface area contributed by atoms with Gasteiger partial charge in [0.15, 0.2) is 5.16 Å². The van der Waals surface area contributed by atoms with Crippen molar-refractivity contribution in [2.45, 2.75) is 62.7 Å². The summed E-state index contributed by atoms with van der Waals surface area (Å²) in [7, 11) is 0. The molecule has 1 saturated heterocycles. The molecule has 4 aromatic rings. The van der Waals surface area contributed by atoms with Crippen LogP contribution in [0.15, 0.2) is 82.7 Å². The predicted octanol–water partition coefficient (Wildman–Crippen LogP) is 4.85. The molecule has 2 atom stereocenters. The number of ether oxygens (including phenoxy) is 1. The van der Waals surface area contributed by atoms with Gasteiger partial charge in [0.05, 0.1) is 28.8 Å². The summed E-state index contributed by atoms with van der Waals surface area (Å²) >= 11 is 1.30. The normalized spacial score (nSPS) is 15.4. The van der Waals surface area contributed by atoms with E-state index < -0.39 is 5.25 Å². The summed E-state index contributed by atoms with van der Waals surface area (Å²) in [5.74, 6) is -0.254. The molecule has 1 fully saturated rings. The second kappa shape index (κ2) is 13.8. The quantitative estimate of drug-likeness (QED) is 0.193. The fraction of sp³-hybridized carbons (Fsp3) is 0.333. The van der Waals surface area contributed by atoms with Gasteiger partial charge in [-0.25, -0.2) is 4.98 Å². The first-order chi connectivity index (χ1) is 20.4. The Morgan fingerprint density at radius 3 is 2.48 bits per heavy atom. The van der Waals surface area contributed by atoms with Crippen LogP contribution in [0.2, 0.25) is 0 Å². The van der Waals surface area contributed by atoms with Gasteiger partial charge in [-0.3, -0.25) is 19.0 Å². The number of carbonyl (C=O) groups is 2. The van der Waals surface area contributed by atoms with Crippen LogP contribution in [0.25, 0.3) is 10.9 Å². The topological polar surface area (TPSA) is 102 Å². The molecule has 42 heavy (non-hydrogen) atoms. The molecule has 0 bridgehead atoms. The Bertz CT molecular complexity index is 1600. The third-order valence-corrected chi connectivity index (χ3v) is 8.75. The summed E-state index contributed by atoms with van der Waals surface area (Å²) < 4.78 is 7.21. The van der Waals surface area contributed by atoms with Crippen molar-refractivity contribution in [3.8, 4) is 0 Å². The number of hydrogen-bond donors (Lipinski definition) is 2. The molecule has 0 unspecified atom stereocenters. The zero-order valence-corrected chi connectivity index (χ0v) is 24.8. The first-order valence-corrected chi connectivity index (χ1v) is 15.3. The Balaban J connectivity index is 1.33. The van der Waals surface area contributed by atoms with Crippen LogP contribution in [-0.4, -0.2) is 45.9 Å². The third-order valence-electron chi connectivity index (χ3n) is 7.40. The monoisotopic (exact) mass is 584 g/mol. The van der Waals surface area contributed by atoms with Gasteiger partial charge in [-0.2, -0.15) is 0 Å². The van der Waals surface area contributed by atoms with Crippen LogP contribution in [0.3, 0.4) is 0 Å². The van der Waals surface area contributed by atoms with E-state index in [9.17, 15) is 14.4 Å². The average molecular weight is 585 g/mol. The SMILES string of the molecule is CC[C@H](Sc1nc2ccccc2c(=O)n1Cc1ccc(C(=O)NC[C@H]2CCCO2)cc1)C(=O)NCc1ccc(C)cc1. The minimum atomic E-state index is -0.426. The lowest BCUT2D eigenvalue weighted by molar-refractivity contribution is -0.120. The Morgan fingerprint density at radius 1 is 1.02 bits per heavy atom. The van der Waals surface area contributed by atoms with E-state index in [1.54, 1.807) is 22.8 Å². The molecule has 5 rings (SSSR count). The van der Waals surface area contributed by atoms with Crippen molar-refractivity contribution in [2.24, 2.45) is 0 Å². The smallest absolute Gasteiger partial charge is 0.262 e. The standard InChI is InChI=1S/C33H36N4O4S/c1-3-29(31(39)34-19-23-12-10-22(2)11-13-23)42-33-36-28-9-5-4-8-27(28)32(40)37(33)21-24-14-16-25(17-15-24)30(38)35-20-26-7-6-18-41-26/h4-5,8-17,26,29H,3,6-7,18-21H2,1-2H3,(H,34,39)(H,35,38)/t26-,29+/m1/s1. The van der Waals surface area contributed by atoms with Gasteiger partial charge in [-0.15, -0.1) is 0 Å². The first-order valence-electron chi connectivity index (χ1n) is 14.4. The van der Waals surface area contributed by atoms with Crippen molar-refractivity contribution in [1.29, 1.82) is 0 Å². The zero-order valence-electron chi connectivity index (χ0n) is 24.0. The van der Waals surface area contributed by atoms with Crippen LogP contribution in [0.1, 0.15) is 53.2 Å². The number of rotatable bonds is 11. The maximum atomic E-state index is 13.7. The molecule has 9 heteroatoms. The van der Waals surface area contributed by atoms with E-state index in [4.69, 9.17) is 9.72 Å². The van der Waals surface area contributed by atoms with E-state index >= 15 is 0 Å². The maximum Gasteiger partial charge on any atom is 0.262 e. The molecule has 0 saturated carbocycles. The van der Waals surface area contributed by atoms with Crippen LogP contribution in [0.5, 0.6) is 0 Å². The molecular formula is C33H36N4O4S. The van der Waals surface area contributed by atoms with E-state index in [2.05, 4.69) is 10.6 Å². The van der Waals surface area contributed by atoms with Gasteiger partial charge in [0.1, 0.15) is 0 Å². The number of benzene rings is 3. The Labute approximate surface area is 249 Å². The molecule has 0 radical (unpaired) electrons. The highest BCUT2D eigenvalue weighted by atomic mass is 32.2. The number of fused-ring (bicyclic) bond motifs is 1. The molecule has 218 valence electrons. The molecule has 0 spiro atoms. The lowest BCUT2D eigenvalue weighted by atomic mass is 10.1. The summed E-state index contributed by atoms with van der Waals surface area (Å²) in [6, 6.07) is 22.5. The van der Waals surface area contributed by atoms with Crippen molar-refractivity contribution in [2.75, 3.05) is 13.2 Å². The van der Waals surface area contributed by atoms with Crippen LogP contribution in [-0.2, 0) is 22.6 Å². The highest BCUT2D eigenvalue weighted by Crippen LogP contribution is 2.26. The van der Waals surface area contributed by atoms with E-state index in [0.29, 0.717) is 41.1 Å². The molecule has 1 aliphatic heterocycles. The van der Waals surface area contributed by atoms with Gasteiger partial charge in [-0.05, 0) is 61.6 Å². The van der Waals surface area contributed by atoms with Crippen molar-refractivity contribution in [3.63, 3.8) is 0 Å². The molecule has 2 N–H and O–H groups in total. The van der Waals surface area contributed by atoms with Gasteiger partial charge in [-0.1, -0.05) is 72.8 Å². The zero-order chi connectivity index (χ0) is 29.5. The van der Waals surface area contributed by atoms with Gasteiger partial charge in [0.25, 0.3) is 11.5 Å². The molecule has 2 heterocycles. The lowest BCUT2D eigenvalue weighted by Gasteiger charge is -2.18. The van der Waals surface area contributed by atoms with E-state index in [-0.39, 0.29) is 30.0 Å². The number of aromatic nitrogens is 2. The summed E-state index contributed by atoms with van der Waals surface area (Å²) in [6.07, 6.45) is 2.63. The number of nitrogens with zero attached hydrogens (tertiary/aromatic N) is 2. The summed E-state index contributed by atoms with van der Waals surface area (Å²) in [6.45, 7) is 5.92. The molecule has 3 aromatic carbocycles. The first kappa shape index (κ1) is 29.5. The molecule has 8 nitrogen and oxygen atoms in total. The Morgan fingerprint density at radius 2 is 1.76 bits per heavy atom. The number of amides is 2. The minimum absolute atomic E-state index is 0.0769. The van der Waals surface area contributed by atoms with Crippen LogP contribution in [0.4, 0.5) is 0 Å². The van der Waals surface area contributed by atoms with Gasteiger partial charge in [0, 0.05) is 25.3 Å². The van der Waals surface area contributed by atoms with E-state index in [1.807, 2.05) is 68.4 Å². The second-order valence-corrected chi connectivity index (χ2v) is 11.7. The van der Waals surface area contributed by atoms with E-state index in [0.717, 1.165) is 30.6 Å². The number of aryl methyl sites for hydroxylation is 1. The highest BCUT2D eigenvalue weighted by Gasteiger charge is 2.22. The van der Waals surface area contributed by atoms with Crippen molar-refractivity contribution >= 4 is 34.5 Å². The maximum absolute atomic E-state index is 13.7. The average Bonchev–Trinajstić information content (AvgIpc) is 3.54. The number of para-hydroxylation sites is 1. The summed E-state index contributed by atoms with van der Waals surface area (Å²) in [4.78, 5) is 44.3. The number of hydrogen-bond acceptors (Lipinski definition) is 6. The van der Waals surface area contributed by atoms with E-state index in [1.165, 1.54) is 17.3 Å². The number of carbonyl (C=O) groups excluding carboxylic acids is 2. The highest BCUT2D eigenvalue weighted by molar-refractivity contribution is 8.00. The van der Waals surface area contributed by atoms with Gasteiger partial charge < -0.3 is 15.4 Å². The molecular weight excluding hydrogens is 548 g/mol.